The quantitative estimate of drug-likeness (QED) is 0.390. The number of Topliss-reactive ketones (excluding diaryl/α,β-unsaturated/α-hetero) is 1. The molecular weight excluding hydrogens is 379 g/mol. The minimum atomic E-state index is -0.653. The van der Waals surface area contributed by atoms with Gasteiger partial charge in [0.2, 0.25) is 0 Å². The minimum Gasteiger partial charge on any atom is -0.454 e. The lowest BCUT2D eigenvalue weighted by Gasteiger charge is -2.07. The highest BCUT2D eigenvalue weighted by Gasteiger charge is 2.16. The Morgan fingerprint density at radius 2 is 1.70 bits per heavy atom. The van der Waals surface area contributed by atoms with Gasteiger partial charge in [-0.3, -0.25) is 4.79 Å². The van der Waals surface area contributed by atoms with Gasteiger partial charge in [0.1, 0.15) is 0 Å². The molecule has 0 bridgehead atoms. The van der Waals surface area contributed by atoms with Gasteiger partial charge in [-0.2, -0.15) is 0 Å². The highest BCUT2D eigenvalue weighted by molar-refractivity contribution is 7.98. The van der Waals surface area contributed by atoms with Gasteiger partial charge in [0.05, 0.1) is 20.6 Å². The lowest BCUT2D eigenvalue weighted by Crippen LogP contribution is -2.14. The Bertz CT molecular complexity index is 762. The van der Waals surface area contributed by atoms with Gasteiger partial charge in [-0.1, -0.05) is 34.8 Å². The molecule has 0 spiro atoms. The maximum Gasteiger partial charge on any atom is 0.340 e. The minimum absolute atomic E-state index is 0.223. The third kappa shape index (κ3) is 4.64. The molecule has 0 atom stereocenters. The summed E-state index contributed by atoms with van der Waals surface area (Å²) in [6.45, 7) is -0.406. The van der Waals surface area contributed by atoms with Crippen LogP contribution in [0.25, 0.3) is 0 Å². The van der Waals surface area contributed by atoms with Crippen LogP contribution in [0.3, 0.4) is 0 Å². The molecule has 2 aromatic carbocycles. The van der Waals surface area contributed by atoms with Crippen molar-refractivity contribution in [2.24, 2.45) is 0 Å². The van der Waals surface area contributed by atoms with Gasteiger partial charge in [0.25, 0.3) is 0 Å². The van der Waals surface area contributed by atoms with Crippen LogP contribution in [0, 0.1) is 0 Å². The molecule has 2 rings (SSSR count). The smallest absolute Gasteiger partial charge is 0.340 e. The van der Waals surface area contributed by atoms with Crippen molar-refractivity contribution in [1.29, 1.82) is 0 Å². The summed E-state index contributed by atoms with van der Waals surface area (Å²) in [4.78, 5) is 25.0. The van der Waals surface area contributed by atoms with E-state index < -0.39 is 12.6 Å². The van der Waals surface area contributed by atoms with Crippen LogP contribution in [0.2, 0.25) is 15.1 Å². The molecule has 120 valence electrons. The molecule has 0 aliphatic rings. The lowest BCUT2D eigenvalue weighted by atomic mass is 10.1. The lowest BCUT2D eigenvalue weighted by molar-refractivity contribution is 0.0474. The first-order valence-corrected chi connectivity index (χ1v) is 8.77. The predicted molar refractivity (Wildman–Crippen MR) is 94.3 cm³/mol. The maximum absolute atomic E-state index is 12.1. The number of hydrogen-bond acceptors (Lipinski definition) is 4. The molecule has 3 nitrogen and oxygen atoms in total. The van der Waals surface area contributed by atoms with Crippen molar-refractivity contribution in [3.05, 3.63) is 62.6 Å². The summed E-state index contributed by atoms with van der Waals surface area (Å²) in [5.41, 5.74) is 0.539. The molecule has 0 aromatic heterocycles. The molecule has 0 saturated carbocycles. The van der Waals surface area contributed by atoms with Crippen molar-refractivity contribution < 1.29 is 14.3 Å². The van der Waals surface area contributed by atoms with E-state index in [9.17, 15) is 9.59 Å². The topological polar surface area (TPSA) is 43.4 Å². The van der Waals surface area contributed by atoms with Gasteiger partial charge in [-0.25, -0.2) is 4.79 Å². The third-order valence-corrected chi connectivity index (χ3v) is 4.76. The van der Waals surface area contributed by atoms with Crippen LogP contribution in [0.15, 0.2) is 41.3 Å². The molecule has 2 aromatic rings. The number of hydrogen-bond donors (Lipinski definition) is 0. The van der Waals surface area contributed by atoms with Crippen molar-refractivity contribution >= 4 is 58.3 Å². The van der Waals surface area contributed by atoms with Crippen LogP contribution in [-0.2, 0) is 4.74 Å². The Labute approximate surface area is 152 Å². The van der Waals surface area contributed by atoms with E-state index in [1.54, 1.807) is 18.2 Å². The number of ketones is 1. The summed E-state index contributed by atoms with van der Waals surface area (Å²) in [5, 5.41) is 0.884. The highest BCUT2D eigenvalue weighted by Crippen LogP contribution is 2.24. The Balaban J connectivity index is 2.06. The molecular formula is C16H11Cl3O3S. The Hall–Kier alpha value is -1.20. The molecule has 0 unspecified atom stereocenters. The fourth-order valence-corrected chi connectivity index (χ4v) is 2.68. The number of thioether (sulfide) groups is 1. The first-order valence-electron chi connectivity index (χ1n) is 6.41. The Morgan fingerprint density at radius 3 is 2.35 bits per heavy atom. The van der Waals surface area contributed by atoms with Crippen molar-refractivity contribution in [2.75, 3.05) is 12.9 Å². The summed E-state index contributed by atoms with van der Waals surface area (Å²) >= 11 is 19.1. The van der Waals surface area contributed by atoms with Gasteiger partial charge in [-0.05, 0) is 42.7 Å². The standard InChI is InChI=1S/C16H11Cl3O3S/c1-23-10-3-5-12(17)11(7-10)16(21)22-8-15(20)9-2-4-13(18)14(19)6-9/h2-7H,8H2,1H3. The monoisotopic (exact) mass is 388 g/mol. The summed E-state index contributed by atoms with van der Waals surface area (Å²) in [6.07, 6.45) is 1.88. The Morgan fingerprint density at radius 1 is 1.00 bits per heavy atom. The molecule has 0 aliphatic heterocycles. The van der Waals surface area contributed by atoms with E-state index in [0.717, 1.165) is 4.90 Å². The third-order valence-electron chi connectivity index (χ3n) is 2.97. The van der Waals surface area contributed by atoms with Gasteiger partial charge >= 0.3 is 5.97 Å². The van der Waals surface area contributed by atoms with Gasteiger partial charge < -0.3 is 4.74 Å². The molecule has 7 heteroatoms. The van der Waals surface area contributed by atoms with Crippen molar-refractivity contribution in [3.8, 4) is 0 Å². The number of ether oxygens (including phenoxy) is 1. The second-order valence-electron chi connectivity index (χ2n) is 4.47. The number of rotatable bonds is 5. The molecule has 0 amide bonds. The van der Waals surface area contributed by atoms with Crippen LogP contribution in [0.5, 0.6) is 0 Å². The van der Waals surface area contributed by atoms with Gasteiger partial charge in [0.15, 0.2) is 12.4 Å². The predicted octanol–water partition coefficient (Wildman–Crippen LogP) is 5.41. The normalized spacial score (nSPS) is 10.4. The highest BCUT2D eigenvalue weighted by atomic mass is 35.5. The van der Waals surface area contributed by atoms with E-state index in [0.29, 0.717) is 10.6 Å². The zero-order chi connectivity index (χ0) is 17.0. The largest absolute Gasteiger partial charge is 0.454 e. The van der Waals surface area contributed by atoms with Crippen molar-refractivity contribution in [1.82, 2.24) is 0 Å². The van der Waals surface area contributed by atoms with E-state index in [1.165, 1.54) is 30.0 Å². The van der Waals surface area contributed by atoms with E-state index in [2.05, 4.69) is 0 Å². The van der Waals surface area contributed by atoms with E-state index in [1.807, 2.05) is 6.26 Å². The molecule has 0 fully saturated rings. The second-order valence-corrected chi connectivity index (χ2v) is 6.58. The first kappa shape index (κ1) is 18.1. The number of benzene rings is 2. The summed E-state index contributed by atoms with van der Waals surface area (Å²) in [7, 11) is 0. The van der Waals surface area contributed by atoms with Gasteiger partial charge in [-0.15, -0.1) is 11.8 Å². The average molecular weight is 390 g/mol. The zero-order valence-corrected chi connectivity index (χ0v) is 15.0. The summed E-state index contributed by atoms with van der Waals surface area (Å²) in [5.74, 6) is -1.03. The number of esters is 1. The van der Waals surface area contributed by atoms with E-state index >= 15 is 0 Å². The van der Waals surface area contributed by atoms with Crippen LogP contribution in [-0.4, -0.2) is 24.6 Å². The van der Waals surface area contributed by atoms with Gasteiger partial charge in [0, 0.05) is 10.5 Å². The van der Waals surface area contributed by atoms with Crippen LogP contribution < -0.4 is 0 Å². The van der Waals surface area contributed by atoms with Crippen LogP contribution in [0.4, 0.5) is 0 Å². The Kier molecular flexibility index (Phi) is 6.36. The fraction of sp³-hybridized carbons (Fsp3) is 0.125. The molecule has 23 heavy (non-hydrogen) atoms. The maximum atomic E-state index is 12.1. The van der Waals surface area contributed by atoms with Crippen molar-refractivity contribution in [2.45, 2.75) is 4.90 Å². The molecule has 0 aliphatic carbocycles. The molecule has 0 saturated heterocycles. The number of carbonyl (C=O) groups excluding carboxylic acids is 2. The second kappa shape index (κ2) is 8.06. The zero-order valence-electron chi connectivity index (χ0n) is 11.9. The molecule has 0 N–H and O–H groups in total. The number of halogens is 3. The fourth-order valence-electron chi connectivity index (χ4n) is 1.75. The summed E-state index contributed by atoms with van der Waals surface area (Å²) in [6, 6.07) is 9.50. The van der Waals surface area contributed by atoms with Crippen LogP contribution in [0.1, 0.15) is 20.7 Å². The SMILES string of the molecule is CSc1ccc(Cl)c(C(=O)OCC(=O)c2ccc(Cl)c(Cl)c2)c1. The van der Waals surface area contributed by atoms with E-state index in [4.69, 9.17) is 39.5 Å². The van der Waals surface area contributed by atoms with E-state index in [-0.39, 0.29) is 21.4 Å². The first-order chi connectivity index (χ1) is 10.9. The van der Waals surface area contributed by atoms with Crippen molar-refractivity contribution in [3.63, 3.8) is 0 Å². The number of carbonyl (C=O) groups is 2. The summed E-state index contributed by atoms with van der Waals surface area (Å²) < 4.78 is 5.04. The van der Waals surface area contributed by atoms with Crippen LogP contribution >= 0.6 is 46.6 Å². The molecule has 0 heterocycles. The average Bonchev–Trinajstić information content (AvgIpc) is 2.55. The molecule has 0 radical (unpaired) electrons.